The first-order chi connectivity index (χ1) is 15.1. The molecule has 0 aliphatic heterocycles. The maximum absolute atomic E-state index is 2.39. The van der Waals surface area contributed by atoms with Crippen molar-refractivity contribution in [3.05, 3.63) is 73.6 Å². The predicted molar refractivity (Wildman–Crippen MR) is 131 cm³/mol. The molecular weight excluding hydrogens is 392 g/mol. The van der Waals surface area contributed by atoms with Gasteiger partial charge in [-0.25, -0.2) is 13.7 Å². The summed E-state index contributed by atoms with van der Waals surface area (Å²) in [5, 5.41) is 0. The van der Waals surface area contributed by atoms with E-state index >= 15 is 0 Å². The van der Waals surface area contributed by atoms with Crippen molar-refractivity contribution in [2.45, 2.75) is 67.5 Å². The zero-order valence-electron chi connectivity index (χ0n) is 20.5. The van der Waals surface area contributed by atoms with Crippen LogP contribution >= 0.6 is 0 Å². The Hall–Kier alpha value is -2.88. The van der Waals surface area contributed by atoms with Crippen molar-refractivity contribution in [2.75, 3.05) is 0 Å². The van der Waals surface area contributed by atoms with E-state index in [1.165, 1.54) is 22.4 Å². The molecule has 2 aromatic carbocycles. The summed E-state index contributed by atoms with van der Waals surface area (Å²) in [6.07, 6.45) is 11.1. The number of fused-ring (bicyclic) bond motifs is 1. The van der Waals surface area contributed by atoms with E-state index < -0.39 is 0 Å². The van der Waals surface area contributed by atoms with E-state index in [1.807, 2.05) is 0 Å². The smallest absolute Gasteiger partial charge is 0.236 e. The molecule has 0 N–H and O–H groups in total. The Morgan fingerprint density at radius 2 is 1.44 bits per heavy atom. The number of para-hydroxylation sites is 2. The molecule has 0 spiro atoms. The number of imidazole rings is 2. The third kappa shape index (κ3) is 5.29. The molecule has 0 saturated carbocycles. The highest BCUT2D eigenvalue weighted by Gasteiger charge is 2.20. The van der Waals surface area contributed by atoms with E-state index in [4.69, 9.17) is 0 Å². The largest absolute Gasteiger partial charge is 0.249 e. The van der Waals surface area contributed by atoms with Gasteiger partial charge in [0.2, 0.25) is 12.7 Å². The van der Waals surface area contributed by atoms with Gasteiger partial charge in [0.05, 0.1) is 13.1 Å². The molecule has 4 heteroatoms. The third-order valence-corrected chi connectivity index (χ3v) is 6.03. The number of hydrogen-bond acceptors (Lipinski definition) is 0. The fourth-order valence-electron chi connectivity index (χ4n) is 3.96. The zero-order chi connectivity index (χ0) is 22.9. The molecule has 168 valence electrons. The van der Waals surface area contributed by atoms with Crippen molar-refractivity contribution in [1.82, 2.24) is 9.13 Å². The standard InChI is InChI=1S/C28H38N4/c1-27(2,3)14-16-29-18-19-30(21-29)23-10-9-11-24(20-23)32-22-31(17-15-28(4,5)6)25-12-7-8-13-26(25)32/h7-13,18-22H,14-17H2,1-6H3/q+2. The molecule has 0 aliphatic carbocycles. The second-order valence-corrected chi connectivity index (χ2v) is 11.4. The Morgan fingerprint density at radius 1 is 0.750 bits per heavy atom. The summed E-state index contributed by atoms with van der Waals surface area (Å²) in [5.74, 6) is 0. The summed E-state index contributed by atoms with van der Waals surface area (Å²) in [4.78, 5) is 0. The van der Waals surface area contributed by atoms with Crippen LogP contribution in [0.5, 0.6) is 0 Å². The van der Waals surface area contributed by atoms with Gasteiger partial charge in [0.15, 0.2) is 11.0 Å². The first-order valence-corrected chi connectivity index (χ1v) is 11.8. The average Bonchev–Trinajstić information content (AvgIpc) is 3.35. The van der Waals surface area contributed by atoms with E-state index in [0.717, 1.165) is 25.9 Å². The van der Waals surface area contributed by atoms with E-state index in [9.17, 15) is 0 Å². The minimum absolute atomic E-state index is 0.312. The van der Waals surface area contributed by atoms with Crippen LogP contribution in [0, 0.1) is 10.8 Å². The molecule has 4 nitrogen and oxygen atoms in total. The van der Waals surface area contributed by atoms with Crippen molar-refractivity contribution >= 4 is 11.0 Å². The van der Waals surface area contributed by atoms with E-state index in [2.05, 4.69) is 133 Å². The molecule has 0 aliphatic rings. The molecule has 0 saturated heterocycles. The molecule has 32 heavy (non-hydrogen) atoms. The predicted octanol–water partition coefficient (Wildman–Crippen LogP) is 5.87. The van der Waals surface area contributed by atoms with Crippen LogP contribution in [-0.2, 0) is 13.1 Å². The molecule has 0 atom stereocenters. The van der Waals surface area contributed by atoms with Gasteiger partial charge >= 0.3 is 0 Å². The summed E-state index contributed by atoms with van der Waals surface area (Å²) in [6, 6.07) is 17.5. The van der Waals surface area contributed by atoms with Crippen LogP contribution in [-0.4, -0.2) is 9.13 Å². The van der Waals surface area contributed by atoms with Gasteiger partial charge in [0.25, 0.3) is 0 Å². The van der Waals surface area contributed by atoms with Crippen LogP contribution < -0.4 is 9.13 Å². The van der Waals surface area contributed by atoms with E-state index in [1.54, 1.807) is 0 Å². The lowest BCUT2D eigenvalue weighted by atomic mass is 9.92. The Labute approximate surface area is 192 Å². The fraction of sp³-hybridized carbons (Fsp3) is 0.429. The second-order valence-electron chi connectivity index (χ2n) is 11.4. The number of nitrogens with zero attached hydrogens (tertiary/aromatic N) is 4. The highest BCUT2D eigenvalue weighted by molar-refractivity contribution is 5.74. The lowest BCUT2D eigenvalue weighted by Crippen LogP contribution is -2.34. The molecule has 0 bridgehead atoms. The number of hydrogen-bond donors (Lipinski definition) is 0. The number of benzene rings is 2. The maximum Gasteiger partial charge on any atom is 0.249 e. The van der Waals surface area contributed by atoms with Gasteiger partial charge in [-0.05, 0) is 47.9 Å². The van der Waals surface area contributed by atoms with Crippen molar-refractivity contribution in [2.24, 2.45) is 10.8 Å². The van der Waals surface area contributed by atoms with Crippen molar-refractivity contribution in [1.29, 1.82) is 0 Å². The highest BCUT2D eigenvalue weighted by Crippen LogP contribution is 2.22. The minimum Gasteiger partial charge on any atom is -0.236 e. The van der Waals surface area contributed by atoms with E-state index in [-0.39, 0.29) is 0 Å². The van der Waals surface area contributed by atoms with Gasteiger partial charge in [-0.2, -0.15) is 4.57 Å². The Bertz CT molecular complexity index is 1200. The summed E-state index contributed by atoms with van der Waals surface area (Å²) >= 11 is 0. The van der Waals surface area contributed by atoms with Gasteiger partial charge in [0.1, 0.15) is 23.8 Å². The molecule has 0 amide bonds. The summed E-state index contributed by atoms with van der Waals surface area (Å²) < 4.78 is 9.21. The first kappa shape index (κ1) is 22.3. The Balaban J connectivity index is 1.65. The average molecular weight is 431 g/mol. The third-order valence-electron chi connectivity index (χ3n) is 6.03. The summed E-state index contributed by atoms with van der Waals surface area (Å²) in [7, 11) is 0. The molecular formula is C28H38N4+2. The minimum atomic E-state index is 0.312. The van der Waals surface area contributed by atoms with Crippen LogP contribution in [0.2, 0.25) is 0 Å². The monoisotopic (exact) mass is 430 g/mol. The molecule has 2 aromatic heterocycles. The molecule has 0 unspecified atom stereocenters. The molecule has 0 radical (unpaired) electrons. The van der Waals surface area contributed by atoms with Gasteiger partial charge in [-0.3, -0.25) is 0 Å². The fourth-order valence-corrected chi connectivity index (χ4v) is 3.96. The molecule has 0 fully saturated rings. The summed E-state index contributed by atoms with van der Waals surface area (Å²) in [6.45, 7) is 15.9. The van der Waals surface area contributed by atoms with Crippen molar-refractivity contribution in [3.8, 4) is 11.4 Å². The Kier molecular flexibility index (Phi) is 5.98. The summed E-state index contributed by atoms with van der Waals surface area (Å²) in [5.41, 5.74) is 5.54. The van der Waals surface area contributed by atoms with Crippen LogP contribution in [0.4, 0.5) is 0 Å². The van der Waals surface area contributed by atoms with Crippen molar-refractivity contribution < 1.29 is 9.13 Å². The SMILES string of the molecule is CC(C)(C)CC[n+]1ccn(-c2cccc(-n3c[n+](CCC(C)(C)C)c4ccccc43)c2)c1. The normalized spacial score (nSPS) is 12.6. The van der Waals surface area contributed by atoms with Crippen LogP contribution in [0.15, 0.2) is 73.6 Å². The first-order valence-electron chi connectivity index (χ1n) is 11.8. The maximum atomic E-state index is 2.39. The van der Waals surface area contributed by atoms with Crippen LogP contribution in [0.3, 0.4) is 0 Å². The van der Waals surface area contributed by atoms with Gasteiger partial charge in [-0.15, -0.1) is 0 Å². The van der Waals surface area contributed by atoms with Crippen LogP contribution in [0.1, 0.15) is 54.4 Å². The quantitative estimate of drug-likeness (QED) is 0.341. The van der Waals surface area contributed by atoms with Gasteiger partial charge < -0.3 is 0 Å². The molecule has 4 aromatic rings. The van der Waals surface area contributed by atoms with Crippen LogP contribution in [0.25, 0.3) is 22.4 Å². The van der Waals surface area contributed by atoms with Gasteiger partial charge in [-0.1, -0.05) is 59.7 Å². The lowest BCUT2D eigenvalue weighted by molar-refractivity contribution is -0.698. The number of rotatable bonds is 6. The van der Waals surface area contributed by atoms with E-state index in [0.29, 0.717) is 10.8 Å². The zero-order valence-corrected chi connectivity index (χ0v) is 20.5. The number of aryl methyl sites for hydroxylation is 2. The molecule has 4 rings (SSSR count). The highest BCUT2D eigenvalue weighted by atomic mass is 15.1. The lowest BCUT2D eigenvalue weighted by Gasteiger charge is -2.16. The number of aromatic nitrogens is 4. The topological polar surface area (TPSA) is 17.6 Å². The Morgan fingerprint density at radius 3 is 2.19 bits per heavy atom. The van der Waals surface area contributed by atoms with Crippen molar-refractivity contribution in [3.63, 3.8) is 0 Å². The van der Waals surface area contributed by atoms with Gasteiger partial charge in [0, 0.05) is 6.07 Å². The second kappa shape index (κ2) is 8.57. The molecule has 2 heterocycles.